The molecule has 1 amide bonds. The van der Waals surface area contributed by atoms with E-state index in [4.69, 9.17) is 0 Å². The number of nitrogens with zero attached hydrogens (tertiary/aromatic N) is 5. The SMILES string of the molecule is CC(Nc1cnc(C(=O)N2CCNCC2)cn1)c1ccn(-c2ccccc2)n1. The third-order valence-corrected chi connectivity index (χ3v) is 4.71. The molecule has 4 rings (SSSR count). The van der Waals surface area contributed by atoms with Gasteiger partial charge in [0.05, 0.1) is 29.8 Å². The third kappa shape index (κ3) is 4.01. The van der Waals surface area contributed by atoms with Gasteiger partial charge in [-0.1, -0.05) is 18.2 Å². The first-order valence-electron chi connectivity index (χ1n) is 9.40. The minimum atomic E-state index is -0.0739. The van der Waals surface area contributed by atoms with Crippen LogP contribution in [0.3, 0.4) is 0 Å². The van der Waals surface area contributed by atoms with E-state index in [1.165, 1.54) is 6.20 Å². The lowest BCUT2D eigenvalue weighted by Gasteiger charge is -2.26. The molecule has 3 aromatic rings. The van der Waals surface area contributed by atoms with Crippen molar-refractivity contribution in [2.24, 2.45) is 0 Å². The van der Waals surface area contributed by atoms with Crippen LogP contribution in [0, 0.1) is 0 Å². The highest BCUT2D eigenvalue weighted by Crippen LogP contribution is 2.17. The summed E-state index contributed by atoms with van der Waals surface area (Å²) in [4.78, 5) is 22.9. The quantitative estimate of drug-likeness (QED) is 0.706. The first kappa shape index (κ1) is 18.1. The van der Waals surface area contributed by atoms with Gasteiger partial charge < -0.3 is 15.5 Å². The number of aromatic nitrogens is 4. The van der Waals surface area contributed by atoms with Crippen molar-refractivity contribution in [2.75, 3.05) is 31.5 Å². The highest BCUT2D eigenvalue weighted by Gasteiger charge is 2.19. The van der Waals surface area contributed by atoms with Gasteiger partial charge in [0, 0.05) is 32.4 Å². The second kappa shape index (κ2) is 8.18. The van der Waals surface area contributed by atoms with Crippen molar-refractivity contribution in [3.05, 3.63) is 66.4 Å². The largest absolute Gasteiger partial charge is 0.361 e. The number of carbonyl (C=O) groups excluding carboxylic acids is 1. The zero-order valence-electron chi connectivity index (χ0n) is 15.7. The van der Waals surface area contributed by atoms with E-state index in [-0.39, 0.29) is 11.9 Å². The number of carbonyl (C=O) groups is 1. The molecule has 1 aromatic carbocycles. The first-order valence-corrected chi connectivity index (χ1v) is 9.40. The summed E-state index contributed by atoms with van der Waals surface area (Å²) in [6, 6.07) is 11.9. The average Bonchev–Trinajstić information content (AvgIpc) is 3.26. The van der Waals surface area contributed by atoms with E-state index in [0.717, 1.165) is 24.5 Å². The predicted octanol–water partition coefficient (Wildman–Crippen LogP) is 1.88. The van der Waals surface area contributed by atoms with Crippen molar-refractivity contribution in [2.45, 2.75) is 13.0 Å². The lowest BCUT2D eigenvalue weighted by molar-refractivity contribution is 0.0729. The lowest BCUT2D eigenvalue weighted by Crippen LogP contribution is -2.46. The van der Waals surface area contributed by atoms with Crippen molar-refractivity contribution in [3.8, 4) is 5.69 Å². The fourth-order valence-corrected chi connectivity index (χ4v) is 3.13. The van der Waals surface area contributed by atoms with Crippen LogP contribution in [-0.2, 0) is 0 Å². The highest BCUT2D eigenvalue weighted by molar-refractivity contribution is 5.92. The van der Waals surface area contributed by atoms with Crippen LogP contribution in [0.2, 0.25) is 0 Å². The summed E-state index contributed by atoms with van der Waals surface area (Å²) in [5, 5.41) is 11.1. The molecule has 2 aromatic heterocycles. The first-order chi connectivity index (χ1) is 13.7. The molecule has 1 saturated heterocycles. The summed E-state index contributed by atoms with van der Waals surface area (Å²) < 4.78 is 1.84. The van der Waals surface area contributed by atoms with Gasteiger partial charge in [0.1, 0.15) is 11.5 Å². The Labute approximate surface area is 163 Å². The standard InChI is InChI=1S/C20H23N7O/c1-15(17-7-10-27(25-17)16-5-3-2-4-6-16)24-19-14-22-18(13-23-19)20(28)26-11-8-21-9-12-26/h2-7,10,13-15,21H,8-9,11-12H2,1H3,(H,23,24). The van der Waals surface area contributed by atoms with Gasteiger partial charge in [-0.05, 0) is 25.1 Å². The topological polar surface area (TPSA) is 88.0 Å². The highest BCUT2D eigenvalue weighted by atomic mass is 16.2. The second-order valence-electron chi connectivity index (χ2n) is 6.72. The Balaban J connectivity index is 1.40. The van der Waals surface area contributed by atoms with Crippen molar-refractivity contribution in [3.63, 3.8) is 0 Å². The molecule has 1 unspecified atom stereocenters. The molecule has 0 saturated carbocycles. The number of benzene rings is 1. The Bertz CT molecular complexity index is 917. The van der Waals surface area contributed by atoms with Crippen LogP contribution in [0.5, 0.6) is 0 Å². The number of hydrogen-bond acceptors (Lipinski definition) is 6. The van der Waals surface area contributed by atoms with E-state index < -0.39 is 0 Å². The molecule has 2 N–H and O–H groups in total. The normalized spacial score (nSPS) is 15.2. The van der Waals surface area contributed by atoms with Crippen LogP contribution >= 0.6 is 0 Å². The van der Waals surface area contributed by atoms with Crippen LogP contribution in [0.15, 0.2) is 55.0 Å². The maximum Gasteiger partial charge on any atom is 0.274 e. The van der Waals surface area contributed by atoms with Gasteiger partial charge in [-0.3, -0.25) is 4.79 Å². The molecule has 8 heteroatoms. The average molecular weight is 377 g/mol. The smallest absolute Gasteiger partial charge is 0.274 e. The van der Waals surface area contributed by atoms with Crippen molar-refractivity contribution in [1.82, 2.24) is 30.0 Å². The van der Waals surface area contributed by atoms with Gasteiger partial charge in [-0.2, -0.15) is 5.10 Å². The minimum absolute atomic E-state index is 0.0472. The van der Waals surface area contributed by atoms with Crippen LogP contribution in [-0.4, -0.2) is 56.7 Å². The molecule has 0 spiro atoms. The monoisotopic (exact) mass is 377 g/mol. The van der Waals surface area contributed by atoms with Gasteiger partial charge in [0.2, 0.25) is 0 Å². The molecule has 1 fully saturated rings. The summed E-state index contributed by atoms with van der Waals surface area (Å²) in [7, 11) is 0. The molecule has 1 aliphatic rings. The van der Waals surface area contributed by atoms with Gasteiger partial charge in [-0.15, -0.1) is 0 Å². The molecule has 0 aliphatic carbocycles. The zero-order valence-corrected chi connectivity index (χ0v) is 15.7. The lowest BCUT2D eigenvalue weighted by atomic mass is 10.2. The summed E-state index contributed by atoms with van der Waals surface area (Å²) in [5.41, 5.74) is 2.27. The van der Waals surface area contributed by atoms with Crippen LogP contribution in [0.25, 0.3) is 5.69 Å². The Morgan fingerprint density at radius 1 is 1.11 bits per heavy atom. The maximum atomic E-state index is 12.5. The molecule has 0 bridgehead atoms. The molecular formula is C20H23N7O. The number of piperazine rings is 1. The number of nitrogens with one attached hydrogen (secondary N) is 2. The molecule has 1 atom stereocenters. The van der Waals surface area contributed by atoms with Crippen molar-refractivity contribution < 1.29 is 4.79 Å². The molecule has 1 aliphatic heterocycles. The van der Waals surface area contributed by atoms with Crippen LogP contribution in [0.4, 0.5) is 5.82 Å². The summed E-state index contributed by atoms with van der Waals surface area (Å²) in [6.07, 6.45) is 5.06. The van der Waals surface area contributed by atoms with Crippen LogP contribution in [0.1, 0.15) is 29.1 Å². The maximum absolute atomic E-state index is 12.5. The number of anilines is 1. The fourth-order valence-electron chi connectivity index (χ4n) is 3.13. The van der Waals surface area contributed by atoms with Crippen molar-refractivity contribution in [1.29, 1.82) is 0 Å². The summed E-state index contributed by atoms with van der Waals surface area (Å²) in [5.74, 6) is 0.536. The van der Waals surface area contributed by atoms with E-state index in [1.54, 1.807) is 11.1 Å². The molecular weight excluding hydrogens is 354 g/mol. The minimum Gasteiger partial charge on any atom is -0.361 e. The number of hydrogen-bond donors (Lipinski definition) is 2. The molecule has 144 valence electrons. The number of rotatable bonds is 5. The number of para-hydroxylation sites is 1. The zero-order chi connectivity index (χ0) is 19.3. The molecule has 8 nitrogen and oxygen atoms in total. The predicted molar refractivity (Wildman–Crippen MR) is 106 cm³/mol. The van der Waals surface area contributed by atoms with Gasteiger partial charge >= 0.3 is 0 Å². The van der Waals surface area contributed by atoms with Gasteiger partial charge in [-0.25, -0.2) is 14.6 Å². The Morgan fingerprint density at radius 2 is 1.89 bits per heavy atom. The summed E-state index contributed by atoms with van der Waals surface area (Å²) >= 11 is 0. The van der Waals surface area contributed by atoms with Gasteiger partial charge in [0.25, 0.3) is 5.91 Å². The Hall–Kier alpha value is -3.26. The van der Waals surface area contributed by atoms with Crippen molar-refractivity contribution >= 4 is 11.7 Å². The van der Waals surface area contributed by atoms with E-state index in [0.29, 0.717) is 24.6 Å². The van der Waals surface area contributed by atoms with E-state index in [1.807, 2.05) is 54.2 Å². The Kier molecular flexibility index (Phi) is 5.29. The van der Waals surface area contributed by atoms with E-state index in [2.05, 4.69) is 25.7 Å². The molecule has 28 heavy (non-hydrogen) atoms. The number of amides is 1. The van der Waals surface area contributed by atoms with Crippen LogP contribution < -0.4 is 10.6 Å². The molecule has 3 heterocycles. The van der Waals surface area contributed by atoms with E-state index >= 15 is 0 Å². The van der Waals surface area contributed by atoms with E-state index in [9.17, 15) is 4.79 Å². The second-order valence-corrected chi connectivity index (χ2v) is 6.72. The third-order valence-electron chi connectivity index (χ3n) is 4.71. The van der Waals surface area contributed by atoms with Gasteiger partial charge in [0.15, 0.2) is 0 Å². The fraction of sp³-hybridized carbons (Fsp3) is 0.300. The Morgan fingerprint density at radius 3 is 2.61 bits per heavy atom. The molecule has 0 radical (unpaired) electrons. The summed E-state index contributed by atoms with van der Waals surface area (Å²) in [6.45, 7) is 5.03.